The molecule has 0 bridgehead atoms. The van der Waals surface area contributed by atoms with Crippen molar-refractivity contribution in [2.24, 2.45) is 5.92 Å². The summed E-state index contributed by atoms with van der Waals surface area (Å²) in [5, 5.41) is 3.75. The van der Waals surface area contributed by atoms with E-state index in [-0.39, 0.29) is 0 Å². The Balaban J connectivity index is 1.89. The lowest BCUT2D eigenvalue weighted by Crippen LogP contribution is -2.35. The van der Waals surface area contributed by atoms with E-state index in [1.54, 1.807) is 11.1 Å². The molecule has 0 spiro atoms. The largest absolute Gasteiger partial charge is 0.309 e. The molecule has 1 nitrogen and oxygen atoms in total. The molecule has 0 saturated heterocycles. The Morgan fingerprint density at radius 3 is 2.76 bits per heavy atom. The second-order valence-corrected chi connectivity index (χ2v) is 6.34. The molecule has 2 heteroatoms. The molecule has 1 aliphatic carbocycles. The van der Waals surface area contributed by atoms with Gasteiger partial charge < -0.3 is 5.32 Å². The Kier molecular flexibility index (Phi) is 3.53. The van der Waals surface area contributed by atoms with Crippen molar-refractivity contribution in [2.45, 2.75) is 44.6 Å². The molecule has 1 N–H and O–H groups in total. The van der Waals surface area contributed by atoms with E-state index >= 15 is 0 Å². The second kappa shape index (κ2) is 5.11. The van der Waals surface area contributed by atoms with Gasteiger partial charge >= 0.3 is 0 Å². The Labute approximate surface area is 112 Å². The van der Waals surface area contributed by atoms with E-state index in [2.05, 4.69) is 39.4 Å². The lowest BCUT2D eigenvalue weighted by molar-refractivity contribution is 0.264. The van der Waals surface area contributed by atoms with Crippen LogP contribution in [0.25, 0.3) is 0 Å². The highest BCUT2D eigenvalue weighted by Crippen LogP contribution is 2.38. The Morgan fingerprint density at radius 1 is 1.12 bits per heavy atom. The van der Waals surface area contributed by atoms with Crippen LogP contribution in [0.4, 0.5) is 0 Å². The summed E-state index contributed by atoms with van der Waals surface area (Å²) in [6, 6.07) is 7.43. The maximum atomic E-state index is 3.75. The number of rotatable bonds is 1. The van der Waals surface area contributed by atoms with Crippen LogP contribution >= 0.6 is 15.9 Å². The zero-order chi connectivity index (χ0) is 11.7. The van der Waals surface area contributed by atoms with E-state index in [0.29, 0.717) is 6.04 Å². The van der Waals surface area contributed by atoms with Crippen LogP contribution in [0.5, 0.6) is 0 Å². The Hall–Kier alpha value is -0.340. The third-order valence-corrected chi connectivity index (χ3v) is 4.82. The van der Waals surface area contributed by atoms with Crippen LogP contribution in [-0.4, -0.2) is 6.54 Å². The van der Waals surface area contributed by atoms with Gasteiger partial charge in [-0.2, -0.15) is 0 Å². The number of fused-ring (bicyclic) bond motifs is 1. The van der Waals surface area contributed by atoms with Crippen molar-refractivity contribution < 1.29 is 0 Å². The summed E-state index contributed by atoms with van der Waals surface area (Å²) in [5.41, 5.74) is 3.11. The zero-order valence-corrected chi connectivity index (χ0v) is 11.8. The van der Waals surface area contributed by atoms with Crippen molar-refractivity contribution in [3.63, 3.8) is 0 Å². The minimum Gasteiger partial charge on any atom is -0.309 e. The van der Waals surface area contributed by atoms with Gasteiger partial charge in [-0.05, 0) is 55.0 Å². The Morgan fingerprint density at radius 2 is 1.94 bits per heavy atom. The summed E-state index contributed by atoms with van der Waals surface area (Å²) >= 11 is 3.61. The Bertz CT molecular complexity index is 396. The first-order valence-electron chi connectivity index (χ1n) is 6.86. The summed E-state index contributed by atoms with van der Waals surface area (Å²) in [4.78, 5) is 0. The van der Waals surface area contributed by atoms with E-state index < -0.39 is 0 Å². The monoisotopic (exact) mass is 293 g/mol. The molecular formula is C15H20BrN. The topological polar surface area (TPSA) is 12.0 Å². The SMILES string of the molecule is Brc1ccc2c(c1)C(C1CCCCC1)NCC2. The van der Waals surface area contributed by atoms with Crippen LogP contribution in [0.3, 0.4) is 0 Å². The molecule has 17 heavy (non-hydrogen) atoms. The molecule has 1 saturated carbocycles. The van der Waals surface area contributed by atoms with Crippen molar-refractivity contribution >= 4 is 15.9 Å². The van der Waals surface area contributed by atoms with E-state index in [1.807, 2.05) is 0 Å². The zero-order valence-electron chi connectivity index (χ0n) is 10.2. The third-order valence-electron chi connectivity index (χ3n) is 4.32. The molecule has 2 aliphatic rings. The van der Waals surface area contributed by atoms with Gasteiger partial charge in [-0.1, -0.05) is 41.3 Å². The molecule has 1 aromatic carbocycles. The fourth-order valence-corrected chi connectivity index (χ4v) is 3.82. The summed E-state index contributed by atoms with van der Waals surface area (Å²) in [6.07, 6.45) is 8.28. The fraction of sp³-hybridized carbons (Fsp3) is 0.600. The standard InChI is InChI=1S/C15H20BrN/c16-13-7-6-11-8-9-17-15(14(11)10-13)12-4-2-1-3-5-12/h6-7,10,12,15,17H,1-5,8-9H2. The highest BCUT2D eigenvalue weighted by Gasteiger charge is 2.28. The normalized spacial score (nSPS) is 25.6. The summed E-state index contributed by atoms with van der Waals surface area (Å²) in [7, 11) is 0. The highest BCUT2D eigenvalue weighted by molar-refractivity contribution is 9.10. The van der Waals surface area contributed by atoms with Crippen LogP contribution in [-0.2, 0) is 6.42 Å². The van der Waals surface area contributed by atoms with E-state index in [0.717, 1.165) is 12.5 Å². The van der Waals surface area contributed by atoms with Gasteiger partial charge in [-0.15, -0.1) is 0 Å². The molecule has 1 atom stereocenters. The summed E-state index contributed by atoms with van der Waals surface area (Å²) in [6.45, 7) is 1.15. The minimum atomic E-state index is 0.608. The molecule has 1 aliphatic heterocycles. The van der Waals surface area contributed by atoms with Crippen molar-refractivity contribution in [3.05, 3.63) is 33.8 Å². The molecule has 1 heterocycles. The third kappa shape index (κ3) is 2.43. The van der Waals surface area contributed by atoms with Gasteiger partial charge in [0, 0.05) is 10.5 Å². The molecule has 0 radical (unpaired) electrons. The van der Waals surface area contributed by atoms with Gasteiger partial charge in [-0.25, -0.2) is 0 Å². The minimum absolute atomic E-state index is 0.608. The van der Waals surface area contributed by atoms with Gasteiger partial charge in [0.1, 0.15) is 0 Å². The fourth-order valence-electron chi connectivity index (χ4n) is 3.44. The predicted octanol–water partition coefficient (Wildman–Crippen LogP) is 4.22. The first-order chi connectivity index (χ1) is 8.34. The van der Waals surface area contributed by atoms with Gasteiger partial charge in [0.2, 0.25) is 0 Å². The first-order valence-corrected chi connectivity index (χ1v) is 7.65. The van der Waals surface area contributed by atoms with Gasteiger partial charge in [-0.3, -0.25) is 0 Å². The summed E-state index contributed by atoms with van der Waals surface area (Å²) in [5.74, 6) is 0.858. The molecule has 92 valence electrons. The predicted molar refractivity (Wildman–Crippen MR) is 75.2 cm³/mol. The number of halogens is 1. The molecular weight excluding hydrogens is 274 g/mol. The average molecular weight is 294 g/mol. The van der Waals surface area contributed by atoms with Gasteiger partial charge in [0.05, 0.1) is 0 Å². The number of hydrogen-bond acceptors (Lipinski definition) is 1. The van der Waals surface area contributed by atoms with E-state index in [4.69, 9.17) is 0 Å². The van der Waals surface area contributed by atoms with Crippen molar-refractivity contribution in [1.29, 1.82) is 0 Å². The van der Waals surface area contributed by atoms with E-state index in [9.17, 15) is 0 Å². The van der Waals surface area contributed by atoms with Crippen LogP contribution in [0.15, 0.2) is 22.7 Å². The molecule has 1 fully saturated rings. The van der Waals surface area contributed by atoms with E-state index in [1.165, 1.54) is 43.0 Å². The lowest BCUT2D eigenvalue weighted by Gasteiger charge is -2.35. The van der Waals surface area contributed by atoms with Crippen molar-refractivity contribution in [3.8, 4) is 0 Å². The quantitative estimate of drug-likeness (QED) is 0.818. The van der Waals surface area contributed by atoms with Crippen LogP contribution in [0.1, 0.15) is 49.3 Å². The summed E-state index contributed by atoms with van der Waals surface area (Å²) < 4.78 is 1.22. The van der Waals surface area contributed by atoms with Crippen LogP contribution < -0.4 is 5.32 Å². The maximum absolute atomic E-state index is 3.75. The highest BCUT2D eigenvalue weighted by atomic mass is 79.9. The number of benzene rings is 1. The maximum Gasteiger partial charge on any atom is 0.0351 e. The lowest BCUT2D eigenvalue weighted by atomic mass is 9.78. The molecule has 0 amide bonds. The number of hydrogen-bond donors (Lipinski definition) is 1. The smallest absolute Gasteiger partial charge is 0.0351 e. The van der Waals surface area contributed by atoms with Crippen molar-refractivity contribution in [1.82, 2.24) is 5.32 Å². The second-order valence-electron chi connectivity index (χ2n) is 5.42. The van der Waals surface area contributed by atoms with Crippen LogP contribution in [0.2, 0.25) is 0 Å². The van der Waals surface area contributed by atoms with Crippen LogP contribution in [0, 0.1) is 5.92 Å². The molecule has 1 aromatic rings. The average Bonchev–Trinajstić information content (AvgIpc) is 2.39. The van der Waals surface area contributed by atoms with Gasteiger partial charge in [0.25, 0.3) is 0 Å². The van der Waals surface area contributed by atoms with Gasteiger partial charge in [0.15, 0.2) is 0 Å². The molecule has 3 rings (SSSR count). The molecule has 1 unspecified atom stereocenters. The first kappa shape index (κ1) is 11.7. The van der Waals surface area contributed by atoms with Crippen molar-refractivity contribution in [2.75, 3.05) is 6.54 Å². The molecule has 0 aromatic heterocycles. The number of nitrogens with one attached hydrogen (secondary N) is 1.